The van der Waals surface area contributed by atoms with Crippen LogP contribution in [0.2, 0.25) is 5.02 Å². The standard InChI is InChI=1S/C26H28ClF3N4O4.ClH/c27-17-7-8-18(19(11-17)16-2-1-9-37-13-16)23(26(28,29)30)38-22-12-21(33-25(32)34-22)15-5-3-14(4-6-15)10-20(31)24(35)36;/h2,5,7-8,11-12,14,20,23H,1,3-4,6,9-10,13,31H2,(H,35,36)(H2,32,33,34);1H/t14-,20-,23+;/m0./s1. The zero-order chi connectivity index (χ0) is 27.4. The van der Waals surface area contributed by atoms with Crippen LogP contribution in [-0.2, 0) is 9.53 Å². The van der Waals surface area contributed by atoms with Gasteiger partial charge < -0.3 is 26.0 Å². The van der Waals surface area contributed by atoms with Gasteiger partial charge in [0.1, 0.15) is 6.04 Å². The van der Waals surface area contributed by atoms with Gasteiger partial charge in [0.15, 0.2) is 0 Å². The normalized spacial score (nSPS) is 19.3. The third kappa shape index (κ3) is 7.84. The molecule has 1 aromatic heterocycles. The summed E-state index contributed by atoms with van der Waals surface area (Å²) < 4.78 is 54.0. The molecule has 2 heterocycles. The van der Waals surface area contributed by atoms with Crippen LogP contribution in [0.4, 0.5) is 19.1 Å². The smallest absolute Gasteiger partial charge is 0.429 e. The first-order valence-electron chi connectivity index (χ1n) is 12.1. The number of nitrogens with zero attached hydrogens (tertiary/aromatic N) is 2. The van der Waals surface area contributed by atoms with E-state index in [1.165, 1.54) is 24.3 Å². The Morgan fingerprint density at radius 3 is 2.62 bits per heavy atom. The molecule has 0 saturated carbocycles. The molecule has 0 saturated heterocycles. The summed E-state index contributed by atoms with van der Waals surface area (Å²) in [6.07, 6.45) is -0.760. The Morgan fingerprint density at radius 1 is 1.23 bits per heavy atom. The third-order valence-corrected chi connectivity index (χ3v) is 6.80. The molecule has 5 N–H and O–H groups in total. The van der Waals surface area contributed by atoms with Crippen molar-refractivity contribution in [3.8, 4) is 5.88 Å². The SMILES string of the molecule is Cl.Nc1nc(O[C@H](c2ccc(Cl)cc2C2=CCCOC2)C(F)(F)F)cc(C2=CC[C@H](C[C@H](N)C(=O)O)CC2)n1. The van der Waals surface area contributed by atoms with Gasteiger partial charge in [-0.05, 0) is 66.9 Å². The van der Waals surface area contributed by atoms with E-state index in [2.05, 4.69) is 9.97 Å². The third-order valence-electron chi connectivity index (χ3n) is 6.56. The zero-order valence-electron chi connectivity index (χ0n) is 20.8. The number of nitrogen functional groups attached to an aromatic ring is 1. The predicted molar refractivity (Wildman–Crippen MR) is 144 cm³/mol. The molecule has 0 spiro atoms. The fraction of sp³-hybridized carbons (Fsp3) is 0.423. The van der Waals surface area contributed by atoms with Crippen molar-refractivity contribution in [3.63, 3.8) is 0 Å². The van der Waals surface area contributed by atoms with Crippen molar-refractivity contribution in [1.82, 2.24) is 9.97 Å². The number of nitrogens with two attached hydrogens (primary N) is 2. The Bertz CT molecular complexity index is 1260. The minimum atomic E-state index is -4.78. The molecule has 0 unspecified atom stereocenters. The van der Waals surface area contributed by atoms with Crippen molar-refractivity contribution < 1.29 is 32.5 Å². The number of carboxylic acid groups (broad SMARTS) is 1. The zero-order valence-corrected chi connectivity index (χ0v) is 22.4. The van der Waals surface area contributed by atoms with Gasteiger partial charge in [-0.15, -0.1) is 12.4 Å². The van der Waals surface area contributed by atoms with E-state index >= 15 is 0 Å². The number of allylic oxidation sites excluding steroid dienone is 2. The van der Waals surface area contributed by atoms with Crippen LogP contribution < -0.4 is 16.2 Å². The van der Waals surface area contributed by atoms with Crippen LogP contribution in [-0.4, -0.2) is 46.5 Å². The van der Waals surface area contributed by atoms with Crippen molar-refractivity contribution >= 4 is 47.1 Å². The van der Waals surface area contributed by atoms with Gasteiger partial charge in [-0.1, -0.05) is 29.8 Å². The lowest BCUT2D eigenvalue weighted by molar-refractivity contribution is -0.198. The van der Waals surface area contributed by atoms with E-state index in [0.717, 1.165) is 5.57 Å². The molecule has 1 aliphatic heterocycles. The van der Waals surface area contributed by atoms with Gasteiger partial charge in [0, 0.05) is 16.7 Å². The lowest BCUT2D eigenvalue weighted by atomic mass is 9.84. The van der Waals surface area contributed by atoms with Gasteiger partial charge in [0.2, 0.25) is 17.9 Å². The molecule has 8 nitrogen and oxygen atoms in total. The first-order valence-corrected chi connectivity index (χ1v) is 12.5. The Balaban J connectivity index is 0.00000420. The average Bonchev–Trinajstić information content (AvgIpc) is 2.87. The summed E-state index contributed by atoms with van der Waals surface area (Å²) in [5.74, 6) is -1.52. The molecule has 1 aromatic carbocycles. The number of alkyl halides is 3. The molecule has 2 aromatic rings. The molecule has 212 valence electrons. The quantitative estimate of drug-likeness (QED) is 0.362. The van der Waals surface area contributed by atoms with Crippen molar-refractivity contribution in [2.45, 2.75) is 50.4 Å². The van der Waals surface area contributed by atoms with Gasteiger partial charge in [-0.25, -0.2) is 4.98 Å². The van der Waals surface area contributed by atoms with Gasteiger partial charge in [0.25, 0.3) is 0 Å². The highest BCUT2D eigenvalue weighted by atomic mass is 35.5. The number of anilines is 1. The molecule has 13 heteroatoms. The van der Waals surface area contributed by atoms with E-state index in [1.807, 2.05) is 12.2 Å². The fourth-order valence-corrected chi connectivity index (χ4v) is 4.84. The maximum atomic E-state index is 14.4. The molecule has 1 aliphatic carbocycles. The summed E-state index contributed by atoms with van der Waals surface area (Å²) in [6.45, 7) is 0.652. The van der Waals surface area contributed by atoms with E-state index in [9.17, 15) is 18.0 Å². The highest BCUT2D eigenvalue weighted by molar-refractivity contribution is 6.30. The number of halogens is 5. The minimum absolute atomic E-state index is 0. The second kappa shape index (κ2) is 13.0. The summed E-state index contributed by atoms with van der Waals surface area (Å²) in [4.78, 5) is 19.1. The number of benzene rings is 1. The Hall–Kier alpha value is -2.86. The van der Waals surface area contributed by atoms with E-state index in [4.69, 9.17) is 37.6 Å². The Labute approximate surface area is 234 Å². The lowest BCUT2D eigenvalue weighted by Gasteiger charge is -2.26. The Kier molecular flexibility index (Phi) is 10.2. The number of hydrogen-bond acceptors (Lipinski definition) is 7. The number of rotatable bonds is 8. The van der Waals surface area contributed by atoms with E-state index < -0.39 is 24.3 Å². The van der Waals surface area contributed by atoms with Crippen molar-refractivity contribution in [3.05, 3.63) is 58.3 Å². The van der Waals surface area contributed by atoms with Gasteiger partial charge >= 0.3 is 12.1 Å². The van der Waals surface area contributed by atoms with E-state index in [0.29, 0.717) is 55.5 Å². The summed E-state index contributed by atoms with van der Waals surface area (Å²) in [7, 11) is 0. The van der Waals surface area contributed by atoms with E-state index in [1.54, 1.807) is 0 Å². The van der Waals surface area contributed by atoms with E-state index in [-0.39, 0.29) is 47.3 Å². The van der Waals surface area contributed by atoms with Crippen LogP contribution in [0, 0.1) is 5.92 Å². The average molecular weight is 589 g/mol. The highest BCUT2D eigenvalue weighted by Crippen LogP contribution is 2.41. The molecule has 0 bridgehead atoms. The van der Waals surface area contributed by atoms with Crippen LogP contribution >= 0.6 is 24.0 Å². The van der Waals surface area contributed by atoms with Crippen LogP contribution in [0.3, 0.4) is 0 Å². The first kappa shape index (κ1) is 30.7. The molecular formula is C26H29Cl2F3N4O4. The minimum Gasteiger partial charge on any atom is -0.480 e. The maximum Gasteiger partial charge on any atom is 0.429 e. The van der Waals surface area contributed by atoms with Crippen molar-refractivity contribution in [1.29, 1.82) is 0 Å². The first-order chi connectivity index (χ1) is 18.0. The second-order valence-electron chi connectivity index (χ2n) is 9.34. The van der Waals surface area contributed by atoms with Crippen LogP contribution in [0.5, 0.6) is 5.88 Å². The molecule has 4 rings (SSSR count). The molecule has 0 amide bonds. The fourth-order valence-electron chi connectivity index (χ4n) is 4.67. The summed E-state index contributed by atoms with van der Waals surface area (Å²) in [5, 5.41) is 9.33. The van der Waals surface area contributed by atoms with Gasteiger partial charge in [-0.2, -0.15) is 18.2 Å². The van der Waals surface area contributed by atoms with Gasteiger partial charge in [-0.3, -0.25) is 4.79 Å². The summed E-state index contributed by atoms with van der Waals surface area (Å²) in [5.41, 5.74) is 13.4. The largest absolute Gasteiger partial charge is 0.480 e. The highest BCUT2D eigenvalue weighted by Gasteiger charge is 2.45. The second-order valence-corrected chi connectivity index (χ2v) is 9.78. The van der Waals surface area contributed by atoms with Crippen molar-refractivity contribution in [2.24, 2.45) is 11.7 Å². The van der Waals surface area contributed by atoms with Gasteiger partial charge in [0.05, 0.1) is 18.9 Å². The number of carbonyl (C=O) groups is 1. The molecular weight excluding hydrogens is 560 g/mol. The number of aliphatic carboxylic acids is 1. The van der Waals surface area contributed by atoms with Crippen molar-refractivity contribution in [2.75, 3.05) is 18.9 Å². The molecule has 0 radical (unpaired) electrons. The number of aromatic nitrogens is 2. The molecule has 3 atom stereocenters. The van der Waals surface area contributed by atoms with Crippen LogP contribution in [0.15, 0.2) is 36.4 Å². The molecule has 2 aliphatic rings. The maximum absolute atomic E-state index is 14.4. The number of ether oxygens (including phenoxy) is 2. The summed E-state index contributed by atoms with van der Waals surface area (Å²) >= 11 is 6.13. The van der Waals surface area contributed by atoms with Crippen LogP contribution in [0.1, 0.15) is 55.0 Å². The predicted octanol–water partition coefficient (Wildman–Crippen LogP) is 5.61. The Morgan fingerprint density at radius 2 is 2.00 bits per heavy atom. The lowest BCUT2D eigenvalue weighted by Crippen LogP contribution is -2.32. The summed E-state index contributed by atoms with van der Waals surface area (Å²) in [6, 6.07) is 4.54. The molecule has 39 heavy (non-hydrogen) atoms. The van der Waals surface area contributed by atoms with Crippen LogP contribution in [0.25, 0.3) is 11.1 Å². The molecule has 0 fully saturated rings. The topological polar surface area (TPSA) is 134 Å². The monoisotopic (exact) mass is 588 g/mol. The number of carboxylic acids is 1. The number of hydrogen-bond donors (Lipinski definition) is 3.